The van der Waals surface area contributed by atoms with Crippen LogP contribution in [-0.4, -0.2) is 14.8 Å². The summed E-state index contributed by atoms with van der Waals surface area (Å²) in [7, 11) is 0. The molecule has 0 spiro atoms. The van der Waals surface area contributed by atoms with Crippen LogP contribution in [0.5, 0.6) is 0 Å². The number of rotatable bonds is 4. The normalized spacial score (nSPS) is 11.4. The Morgan fingerprint density at radius 2 is 2.16 bits per heavy atom. The van der Waals surface area contributed by atoms with Gasteiger partial charge < -0.3 is 0 Å². The molecule has 2 rings (SSSR count). The lowest BCUT2D eigenvalue weighted by Crippen LogP contribution is -2.23. The third-order valence-electron chi connectivity index (χ3n) is 2.91. The Labute approximate surface area is 121 Å². The fourth-order valence-electron chi connectivity index (χ4n) is 1.90. The van der Waals surface area contributed by atoms with Crippen molar-refractivity contribution in [2.45, 2.75) is 44.6 Å². The number of fused-ring (bicyclic) bond motifs is 1. The van der Waals surface area contributed by atoms with Gasteiger partial charge in [-0.15, -0.1) is 17.9 Å². The van der Waals surface area contributed by atoms with Gasteiger partial charge in [0, 0.05) is 16.7 Å². The van der Waals surface area contributed by atoms with Gasteiger partial charge in [0.2, 0.25) is 0 Å². The Bertz CT molecular complexity index is 683. The minimum atomic E-state index is 0.0508. The molecule has 0 aliphatic rings. The summed E-state index contributed by atoms with van der Waals surface area (Å²) in [4.78, 5) is 19.3. The summed E-state index contributed by atoms with van der Waals surface area (Å²) in [6, 6.07) is 0. The molecule has 0 fully saturated rings. The zero-order valence-corrected chi connectivity index (χ0v) is 13.3. The van der Waals surface area contributed by atoms with Crippen molar-refractivity contribution in [3.63, 3.8) is 0 Å². The van der Waals surface area contributed by atoms with Gasteiger partial charge in [-0.3, -0.25) is 9.36 Å². The van der Waals surface area contributed by atoms with Crippen LogP contribution in [0, 0.1) is 13.8 Å². The molecule has 3 nitrogen and oxygen atoms in total. The average Bonchev–Trinajstić information content (AvgIpc) is 2.59. The standard InChI is InChI=1S/C14H18N2OS2/c1-6-7-16-13(17)11-9(4)10(5)19-12(11)15-14(16)18-8(2)3/h6,8H,1,7H2,2-5H3. The quantitative estimate of drug-likeness (QED) is 0.489. The Kier molecular flexibility index (Phi) is 4.16. The second kappa shape index (κ2) is 5.51. The molecule has 2 aromatic heterocycles. The van der Waals surface area contributed by atoms with Gasteiger partial charge in [-0.05, 0) is 19.4 Å². The van der Waals surface area contributed by atoms with Crippen molar-refractivity contribution in [2.75, 3.05) is 0 Å². The van der Waals surface area contributed by atoms with Crippen molar-refractivity contribution in [3.05, 3.63) is 33.4 Å². The smallest absolute Gasteiger partial charge is 0.263 e. The molecule has 19 heavy (non-hydrogen) atoms. The molecule has 0 radical (unpaired) electrons. The van der Waals surface area contributed by atoms with Gasteiger partial charge in [0.15, 0.2) is 5.16 Å². The van der Waals surface area contributed by atoms with Crippen molar-refractivity contribution < 1.29 is 0 Å². The number of thiophene rings is 1. The van der Waals surface area contributed by atoms with Gasteiger partial charge in [-0.1, -0.05) is 31.7 Å². The van der Waals surface area contributed by atoms with Crippen molar-refractivity contribution in [1.82, 2.24) is 9.55 Å². The van der Waals surface area contributed by atoms with Gasteiger partial charge in [-0.25, -0.2) is 4.98 Å². The van der Waals surface area contributed by atoms with Crippen molar-refractivity contribution >= 4 is 33.3 Å². The molecule has 0 aromatic carbocycles. The summed E-state index contributed by atoms with van der Waals surface area (Å²) in [6.45, 7) is 12.5. The highest BCUT2D eigenvalue weighted by Gasteiger charge is 2.16. The predicted octanol–water partition coefficient (Wildman–Crippen LogP) is 3.76. The second-order valence-electron chi connectivity index (χ2n) is 4.73. The van der Waals surface area contributed by atoms with Crippen LogP contribution in [0.1, 0.15) is 24.3 Å². The fraction of sp³-hybridized carbons (Fsp3) is 0.429. The van der Waals surface area contributed by atoms with E-state index in [-0.39, 0.29) is 5.56 Å². The highest BCUT2D eigenvalue weighted by Crippen LogP contribution is 2.29. The molecule has 0 unspecified atom stereocenters. The minimum absolute atomic E-state index is 0.0508. The van der Waals surface area contributed by atoms with Gasteiger partial charge in [0.05, 0.1) is 5.39 Å². The lowest BCUT2D eigenvalue weighted by Gasteiger charge is -2.11. The van der Waals surface area contributed by atoms with Crippen LogP contribution in [0.15, 0.2) is 22.6 Å². The van der Waals surface area contributed by atoms with Crippen molar-refractivity contribution in [3.8, 4) is 0 Å². The third-order valence-corrected chi connectivity index (χ3v) is 5.00. The summed E-state index contributed by atoms with van der Waals surface area (Å²) in [5, 5.41) is 1.94. The van der Waals surface area contributed by atoms with E-state index in [0.29, 0.717) is 11.8 Å². The molecule has 0 atom stereocenters. The Hall–Kier alpha value is -1.07. The van der Waals surface area contributed by atoms with E-state index in [1.165, 1.54) is 0 Å². The number of aromatic nitrogens is 2. The Morgan fingerprint density at radius 1 is 1.47 bits per heavy atom. The summed E-state index contributed by atoms with van der Waals surface area (Å²) in [5.41, 5.74) is 1.10. The maximum atomic E-state index is 12.6. The Morgan fingerprint density at radius 3 is 2.74 bits per heavy atom. The molecule has 0 saturated carbocycles. The maximum Gasteiger partial charge on any atom is 0.263 e. The molecule has 2 heterocycles. The SMILES string of the molecule is C=CCn1c(SC(C)C)nc2sc(C)c(C)c2c1=O. The van der Waals surface area contributed by atoms with Crippen LogP contribution in [0.4, 0.5) is 0 Å². The molecule has 0 aliphatic carbocycles. The summed E-state index contributed by atoms with van der Waals surface area (Å²) in [5.74, 6) is 0. The lowest BCUT2D eigenvalue weighted by molar-refractivity contribution is 0.671. The Balaban J connectivity index is 2.77. The van der Waals surface area contributed by atoms with Crippen LogP contribution < -0.4 is 5.56 Å². The van der Waals surface area contributed by atoms with E-state index in [2.05, 4.69) is 25.4 Å². The highest BCUT2D eigenvalue weighted by molar-refractivity contribution is 7.99. The number of aryl methyl sites for hydroxylation is 2. The van der Waals surface area contributed by atoms with Crippen LogP contribution in [0.3, 0.4) is 0 Å². The summed E-state index contributed by atoms with van der Waals surface area (Å²) in [6.07, 6.45) is 1.74. The highest BCUT2D eigenvalue weighted by atomic mass is 32.2. The summed E-state index contributed by atoms with van der Waals surface area (Å²) >= 11 is 3.22. The van der Waals surface area contributed by atoms with E-state index >= 15 is 0 Å². The first-order chi connectivity index (χ1) is 8.95. The second-order valence-corrected chi connectivity index (χ2v) is 7.48. The predicted molar refractivity (Wildman–Crippen MR) is 84.5 cm³/mol. The first kappa shape index (κ1) is 14.3. The molecule has 0 amide bonds. The van der Waals surface area contributed by atoms with E-state index in [1.54, 1.807) is 33.7 Å². The minimum Gasteiger partial charge on any atom is -0.283 e. The number of nitrogens with zero attached hydrogens (tertiary/aromatic N) is 2. The van der Waals surface area contributed by atoms with E-state index in [0.717, 1.165) is 25.8 Å². The molecule has 0 bridgehead atoms. The zero-order chi connectivity index (χ0) is 14.2. The first-order valence-electron chi connectivity index (χ1n) is 6.23. The fourth-order valence-corrected chi connectivity index (χ4v) is 3.83. The molecule has 0 N–H and O–H groups in total. The summed E-state index contributed by atoms with van der Waals surface area (Å²) < 4.78 is 1.72. The molecular formula is C14H18N2OS2. The van der Waals surface area contributed by atoms with Gasteiger partial charge in [-0.2, -0.15) is 0 Å². The number of hydrogen-bond donors (Lipinski definition) is 0. The van der Waals surface area contributed by atoms with E-state index in [4.69, 9.17) is 0 Å². The topological polar surface area (TPSA) is 34.9 Å². The zero-order valence-electron chi connectivity index (χ0n) is 11.7. The van der Waals surface area contributed by atoms with E-state index in [9.17, 15) is 4.79 Å². The van der Waals surface area contributed by atoms with Crippen molar-refractivity contribution in [2.24, 2.45) is 0 Å². The monoisotopic (exact) mass is 294 g/mol. The molecule has 0 aliphatic heterocycles. The number of hydrogen-bond acceptors (Lipinski definition) is 4. The van der Waals surface area contributed by atoms with E-state index in [1.807, 2.05) is 13.8 Å². The lowest BCUT2D eigenvalue weighted by atomic mass is 10.2. The van der Waals surface area contributed by atoms with Gasteiger partial charge in [0.25, 0.3) is 5.56 Å². The molecule has 102 valence electrons. The molecule has 2 aromatic rings. The number of thioether (sulfide) groups is 1. The molecule has 5 heteroatoms. The number of allylic oxidation sites excluding steroid dienone is 1. The van der Waals surface area contributed by atoms with E-state index < -0.39 is 0 Å². The van der Waals surface area contributed by atoms with Gasteiger partial charge in [0.1, 0.15) is 4.83 Å². The first-order valence-corrected chi connectivity index (χ1v) is 7.93. The molecule has 0 saturated heterocycles. The van der Waals surface area contributed by atoms with Crippen LogP contribution in [0.25, 0.3) is 10.2 Å². The van der Waals surface area contributed by atoms with Crippen LogP contribution in [0.2, 0.25) is 0 Å². The van der Waals surface area contributed by atoms with Gasteiger partial charge >= 0.3 is 0 Å². The van der Waals surface area contributed by atoms with Crippen LogP contribution >= 0.6 is 23.1 Å². The molecular weight excluding hydrogens is 276 g/mol. The third kappa shape index (κ3) is 2.62. The van der Waals surface area contributed by atoms with Crippen LogP contribution in [-0.2, 0) is 6.54 Å². The largest absolute Gasteiger partial charge is 0.283 e. The average molecular weight is 294 g/mol. The maximum absolute atomic E-state index is 12.6. The van der Waals surface area contributed by atoms with Crippen molar-refractivity contribution in [1.29, 1.82) is 0 Å².